The van der Waals surface area contributed by atoms with Crippen molar-refractivity contribution in [3.63, 3.8) is 0 Å². The first kappa shape index (κ1) is 19.5. The first-order valence-electron chi connectivity index (χ1n) is 7.32. The van der Waals surface area contributed by atoms with Gasteiger partial charge in [-0.2, -0.15) is 0 Å². The van der Waals surface area contributed by atoms with E-state index in [1.165, 1.54) is 6.42 Å². The molecule has 1 unspecified atom stereocenters. The largest absolute Gasteiger partial charge is 0.394 e. The molecule has 0 aliphatic rings. The van der Waals surface area contributed by atoms with E-state index in [-0.39, 0.29) is 6.42 Å². The number of aliphatic hydroxyl groups is 5. The molecule has 6 heteroatoms. The molecule has 5 N–H and O–H groups in total. The number of hydrogen-bond donors (Lipinski definition) is 5. The molecule has 0 heterocycles. The third kappa shape index (κ3) is 7.31. The number of aliphatic hydroxyl groups excluding tert-OH is 5. The molecule has 0 aromatic carbocycles. The summed E-state index contributed by atoms with van der Waals surface area (Å²) < 4.78 is 0. The number of unbranched alkanes of at least 4 members (excludes halogenated alkanes) is 5. The van der Waals surface area contributed by atoms with Gasteiger partial charge in [-0.15, -0.1) is 0 Å². The van der Waals surface area contributed by atoms with Crippen LogP contribution in [0.1, 0.15) is 51.9 Å². The van der Waals surface area contributed by atoms with Gasteiger partial charge >= 0.3 is 0 Å². The van der Waals surface area contributed by atoms with Gasteiger partial charge in [0.25, 0.3) is 0 Å². The van der Waals surface area contributed by atoms with Crippen molar-refractivity contribution in [1.29, 1.82) is 0 Å². The van der Waals surface area contributed by atoms with E-state index in [2.05, 4.69) is 6.92 Å². The number of rotatable bonds is 12. The Hall–Kier alpha value is -0.530. The molecule has 0 aromatic heterocycles. The van der Waals surface area contributed by atoms with Crippen LogP contribution in [-0.4, -0.2) is 62.3 Å². The molecule has 6 nitrogen and oxygen atoms in total. The van der Waals surface area contributed by atoms with E-state index in [1.807, 2.05) is 0 Å². The predicted octanol–water partition coefficient (Wildman–Crippen LogP) is -0.258. The molecule has 4 atom stereocenters. The summed E-state index contributed by atoms with van der Waals surface area (Å²) in [4.78, 5) is 11.6. The van der Waals surface area contributed by atoms with Crippen LogP contribution in [0.3, 0.4) is 0 Å². The predicted molar refractivity (Wildman–Crippen MR) is 74.1 cm³/mol. The maximum Gasteiger partial charge on any atom is 0.192 e. The first-order chi connectivity index (χ1) is 9.45. The molecule has 0 radical (unpaired) electrons. The summed E-state index contributed by atoms with van der Waals surface area (Å²) in [5, 5.41) is 46.3. The molecule has 0 spiro atoms. The zero-order chi connectivity index (χ0) is 15.5. The molecular weight excluding hydrogens is 264 g/mol. The molecule has 0 aromatic rings. The van der Waals surface area contributed by atoms with E-state index in [1.54, 1.807) is 0 Å². The maximum atomic E-state index is 11.6. The fourth-order valence-corrected chi connectivity index (χ4v) is 1.94. The lowest BCUT2D eigenvalue weighted by molar-refractivity contribution is -0.148. The molecule has 20 heavy (non-hydrogen) atoms. The van der Waals surface area contributed by atoms with Gasteiger partial charge in [-0.05, 0) is 6.42 Å². The van der Waals surface area contributed by atoms with Crippen LogP contribution in [-0.2, 0) is 4.79 Å². The number of Topliss-reactive ketones (excluding diaryl/α,β-unsaturated/α-hetero) is 1. The fourth-order valence-electron chi connectivity index (χ4n) is 1.94. The molecule has 120 valence electrons. The number of hydrogen-bond acceptors (Lipinski definition) is 6. The second-order valence-corrected chi connectivity index (χ2v) is 5.16. The summed E-state index contributed by atoms with van der Waals surface area (Å²) in [6.45, 7) is 1.36. The average Bonchev–Trinajstić information content (AvgIpc) is 2.47. The van der Waals surface area contributed by atoms with Gasteiger partial charge in [0.1, 0.15) is 24.4 Å². The fraction of sp³-hybridized carbons (Fsp3) is 0.929. The van der Waals surface area contributed by atoms with Gasteiger partial charge < -0.3 is 25.5 Å². The Labute approximate surface area is 120 Å². The Morgan fingerprint density at radius 3 is 2.05 bits per heavy atom. The molecule has 0 fully saturated rings. The highest BCUT2D eigenvalue weighted by atomic mass is 16.4. The summed E-state index contributed by atoms with van der Waals surface area (Å²) in [5.41, 5.74) is 0. The van der Waals surface area contributed by atoms with Gasteiger partial charge in [-0.1, -0.05) is 45.4 Å². The number of carbonyl (C=O) groups excluding carboxylic acids is 1. The Balaban J connectivity index is 3.96. The van der Waals surface area contributed by atoms with Crippen molar-refractivity contribution in [2.45, 2.75) is 76.3 Å². The van der Waals surface area contributed by atoms with Crippen molar-refractivity contribution >= 4 is 5.78 Å². The van der Waals surface area contributed by atoms with Crippen LogP contribution in [0.5, 0.6) is 0 Å². The smallest absolute Gasteiger partial charge is 0.192 e. The molecule has 0 saturated carbocycles. The van der Waals surface area contributed by atoms with Crippen LogP contribution in [0, 0.1) is 0 Å². The minimum absolute atomic E-state index is 0.226. The lowest BCUT2D eigenvalue weighted by Gasteiger charge is -2.22. The Kier molecular flexibility index (Phi) is 10.9. The zero-order valence-electron chi connectivity index (χ0n) is 12.1. The van der Waals surface area contributed by atoms with Crippen LogP contribution in [0.15, 0.2) is 0 Å². The molecule has 0 aliphatic carbocycles. The molecule has 0 aliphatic heterocycles. The average molecular weight is 292 g/mol. The number of carbonyl (C=O) groups is 1. The highest BCUT2D eigenvalue weighted by Gasteiger charge is 2.33. The Bertz CT molecular complexity index is 258. The van der Waals surface area contributed by atoms with E-state index in [0.717, 1.165) is 25.7 Å². The minimum Gasteiger partial charge on any atom is -0.394 e. The Morgan fingerprint density at radius 2 is 1.50 bits per heavy atom. The topological polar surface area (TPSA) is 118 Å². The van der Waals surface area contributed by atoms with Crippen LogP contribution in [0.2, 0.25) is 0 Å². The minimum atomic E-state index is -1.88. The van der Waals surface area contributed by atoms with Crippen LogP contribution in [0.4, 0.5) is 0 Å². The highest BCUT2D eigenvalue weighted by molar-refractivity contribution is 5.87. The molecule has 0 rings (SSSR count). The molecular formula is C14H28O6. The monoisotopic (exact) mass is 292 g/mol. The van der Waals surface area contributed by atoms with Crippen LogP contribution >= 0.6 is 0 Å². The third-order valence-corrected chi connectivity index (χ3v) is 3.36. The Morgan fingerprint density at radius 1 is 0.950 bits per heavy atom. The molecule has 0 bridgehead atoms. The summed E-state index contributed by atoms with van der Waals surface area (Å²) >= 11 is 0. The van der Waals surface area contributed by atoms with Gasteiger partial charge in [0.2, 0.25) is 0 Å². The van der Waals surface area contributed by atoms with E-state index in [0.29, 0.717) is 6.42 Å². The lowest BCUT2D eigenvalue weighted by Crippen LogP contribution is -2.47. The van der Waals surface area contributed by atoms with Gasteiger partial charge in [0.05, 0.1) is 6.61 Å². The van der Waals surface area contributed by atoms with Crippen LogP contribution < -0.4 is 0 Å². The van der Waals surface area contributed by atoms with E-state index in [9.17, 15) is 20.1 Å². The van der Waals surface area contributed by atoms with Gasteiger partial charge in [-0.3, -0.25) is 4.79 Å². The summed E-state index contributed by atoms with van der Waals surface area (Å²) in [6.07, 6.45) is -0.322. The SMILES string of the molecule is CCCCCCCCC(O)C(=O)[C@@H](O)[C@H](O)[C@H](O)CO. The van der Waals surface area contributed by atoms with Gasteiger partial charge in [0, 0.05) is 0 Å². The molecule has 0 saturated heterocycles. The van der Waals surface area contributed by atoms with Gasteiger partial charge in [0.15, 0.2) is 5.78 Å². The number of ketones is 1. The standard InChI is InChI=1S/C14H28O6/c1-2-3-4-5-6-7-8-10(16)12(18)14(20)13(19)11(17)9-15/h10-11,13-17,19-20H,2-9H2,1H3/t10?,11-,13-,14-/m1/s1. The summed E-state index contributed by atoms with van der Waals surface area (Å²) in [5.74, 6) is -0.918. The second-order valence-electron chi connectivity index (χ2n) is 5.16. The summed E-state index contributed by atoms with van der Waals surface area (Å²) in [7, 11) is 0. The quantitative estimate of drug-likeness (QED) is 0.316. The zero-order valence-corrected chi connectivity index (χ0v) is 12.1. The molecule has 0 amide bonds. The second kappa shape index (κ2) is 11.2. The van der Waals surface area contributed by atoms with Crippen molar-refractivity contribution in [2.75, 3.05) is 6.61 Å². The van der Waals surface area contributed by atoms with E-state index < -0.39 is 36.8 Å². The van der Waals surface area contributed by atoms with Crippen molar-refractivity contribution < 1.29 is 30.3 Å². The normalized spacial score (nSPS) is 17.5. The highest BCUT2D eigenvalue weighted by Crippen LogP contribution is 2.11. The maximum absolute atomic E-state index is 11.6. The van der Waals surface area contributed by atoms with E-state index in [4.69, 9.17) is 10.2 Å². The lowest BCUT2D eigenvalue weighted by atomic mass is 9.97. The third-order valence-electron chi connectivity index (χ3n) is 3.36. The van der Waals surface area contributed by atoms with E-state index >= 15 is 0 Å². The van der Waals surface area contributed by atoms with Crippen molar-refractivity contribution in [3.05, 3.63) is 0 Å². The van der Waals surface area contributed by atoms with Crippen molar-refractivity contribution in [2.24, 2.45) is 0 Å². The van der Waals surface area contributed by atoms with Crippen molar-refractivity contribution in [3.8, 4) is 0 Å². The first-order valence-corrected chi connectivity index (χ1v) is 7.32. The van der Waals surface area contributed by atoms with Crippen LogP contribution in [0.25, 0.3) is 0 Å². The van der Waals surface area contributed by atoms with Gasteiger partial charge in [-0.25, -0.2) is 0 Å². The summed E-state index contributed by atoms with van der Waals surface area (Å²) in [6, 6.07) is 0. The van der Waals surface area contributed by atoms with Crippen molar-refractivity contribution in [1.82, 2.24) is 0 Å².